The Hall–Kier alpha value is -2.11. The van der Waals surface area contributed by atoms with Gasteiger partial charge in [0.2, 0.25) is 11.8 Å². The lowest BCUT2D eigenvalue weighted by Gasteiger charge is -2.34. The molecule has 6 nitrogen and oxygen atoms in total. The highest BCUT2D eigenvalue weighted by molar-refractivity contribution is 5.82. The van der Waals surface area contributed by atoms with Crippen LogP contribution in [-0.4, -0.2) is 47.9 Å². The van der Waals surface area contributed by atoms with Gasteiger partial charge in [0.1, 0.15) is 0 Å². The molecule has 1 aromatic rings. The van der Waals surface area contributed by atoms with E-state index in [2.05, 4.69) is 9.88 Å². The van der Waals surface area contributed by atoms with Crippen molar-refractivity contribution in [3.8, 4) is 0 Å². The first-order valence-corrected chi connectivity index (χ1v) is 7.88. The molecular formula is C16H22N4O2. The number of likely N-dealkylation sites (tertiary alicyclic amines) is 1. The van der Waals surface area contributed by atoms with Gasteiger partial charge in [0.25, 0.3) is 0 Å². The normalized spacial score (nSPS) is 22.8. The number of nitrogens with two attached hydrogens (primary N) is 1. The Kier molecular flexibility index (Phi) is 4.27. The average molecular weight is 302 g/mol. The van der Waals surface area contributed by atoms with E-state index in [1.807, 2.05) is 17.0 Å². The lowest BCUT2D eigenvalue weighted by atomic mass is 9.95. The Morgan fingerprint density at radius 1 is 1.05 bits per heavy atom. The molecule has 0 aliphatic carbocycles. The summed E-state index contributed by atoms with van der Waals surface area (Å²) in [6, 6.07) is 4.00. The molecular weight excluding hydrogens is 280 g/mol. The number of hydrogen-bond donors (Lipinski definition) is 1. The van der Waals surface area contributed by atoms with Gasteiger partial charge >= 0.3 is 0 Å². The molecule has 2 aliphatic rings. The molecule has 2 N–H and O–H groups in total. The van der Waals surface area contributed by atoms with Gasteiger partial charge in [-0.05, 0) is 31.4 Å². The predicted octanol–water partition coefficient (Wildman–Crippen LogP) is 0.632. The van der Waals surface area contributed by atoms with Crippen LogP contribution in [0.15, 0.2) is 24.5 Å². The van der Waals surface area contributed by atoms with Gasteiger partial charge < -0.3 is 15.5 Å². The number of carbonyl (C=O) groups is 2. The number of carbonyl (C=O) groups excluding carboxylic acids is 2. The zero-order valence-electron chi connectivity index (χ0n) is 12.6. The van der Waals surface area contributed by atoms with Crippen LogP contribution in [0.3, 0.4) is 0 Å². The minimum atomic E-state index is -0.289. The lowest BCUT2D eigenvalue weighted by Crippen LogP contribution is -2.42. The summed E-state index contributed by atoms with van der Waals surface area (Å²) in [5.41, 5.74) is 6.50. The first kappa shape index (κ1) is 14.8. The predicted molar refractivity (Wildman–Crippen MR) is 83.1 cm³/mol. The summed E-state index contributed by atoms with van der Waals surface area (Å²) in [7, 11) is 0. The summed E-state index contributed by atoms with van der Waals surface area (Å²) in [6.07, 6.45) is 6.01. The topological polar surface area (TPSA) is 79.5 Å². The SMILES string of the molecule is NC(=O)[C@@H]1CCN(C(=O)C2CCN(c3ccncc3)CC2)C1. The maximum absolute atomic E-state index is 12.6. The molecule has 0 aromatic carbocycles. The summed E-state index contributed by atoms with van der Waals surface area (Å²) < 4.78 is 0. The van der Waals surface area contributed by atoms with Crippen LogP contribution in [0.2, 0.25) is 0 Å². The van der Waals surface area contributed by atoms with Gasteiger partial charge in [-0.15, -0.1) is 0 Å². The summed E-state index contributed by atoms with van der Waals surface area (Å²) in [5, 5.41) is 0. The maximum atomic E-state index is 12.6. The van der Waals surface area contributed by atoms with E-state index in [-0.39, 0.29) is 23.7 Å². The van der Waals surface area contributed by atoms with Gasteiger partial charge in [-0.2, -0.15) is 0 Å². The van der Waals surface area contributed by atoms with Crippen LogP contribution in [0.1, 0.15) is 19.3 Å². The molecule has 0 unspecified atom stereocenters. The Balaban J connectivity index is 1.53. The zero-order chi connectivity index (χ0) is 15.5. The lowest BCUT2D eigenvalue weighted by molar-refractivity contribution is -0.135. The number of anilines is 1. The van der Waals surface area contributed by atoms with Gasteiger partial charge in [-0.25, -0.2) is 0 Å². The molecule has 118 valence electrons. The Bertz CT molecular complexity index is 540. The van der Waals surface area contributed by atoms with Crippen LogP contribution >= 0.6 is 0 Å². The number of primary amides is 1. The summed E-state index contributed by atoms with van der Waals surface area (Å²) in [6.45, 7) is 2.93. The Labute approximate surface area is 130 Å². The van der Waals surface area contributed by atoms with E-state index >= 15 is 0 Å². The number of nitrogens with zero attached hydrogens (tertiary/aromatic N) is 3. The maximum Gasteiger partial charge on any atom is 0.225 e. The molecule has 3 heterocycles. The molecule has 3 rings (SSSR count). The number of aromatic nitrogens is 1. The van der Waals surface area contributed by atoms with Gasteiger partial charge in [0.15, 0.2) is 0 Å². The highest BCUT2D eigenvalue weighted by atomic mass is 16.2. The third-order valence-corrected chi connectivity index (χ3v) is 4.77. The molecule has 2 saturated heterocycles. The van der Waals surface area contributed by atoms with Gasteiger partial charge in [0.05, 0.1) is 5.92 Å². The van der Waals surface area contributed by atoms with E-state index in [1.54, 1.807) is 12.4 Å². The molecule has 6 heteroatoms. The second-order valence-corrected chi connectivity index (χ2v) is 6.14. The molecule has 0 radical (unpaired) electrons. The van der Waals surface area contributed by atoms with Crippen LogP contribution in [-0.2, 0) is 9.59 Å². The van der Waals surface area contributed by atoms with Gasteiger partial charge in [-0.1, -0.05) is 0 Å². The molecule has 1 aromatic heterocycles. The van der Waals surface area contributed by atoms with Crippen LogP contribution in [0, 0.1) is 11.8 Å². The molecule has 22 heavy (non-hydrogen) atoms. The first-order valence-electron chi connectivity index (χ1n) is 7.88. The van der Waals surface area contributed by atoms with E-state index in [9.17, 15) is 9.59 Å². The van der Waals surface area contributed by atoms with Crippen molar-refractivity contribution in [3.63, 3.8) is 0 Å². The van der Waals surface area contributed by atoms with Crippen LogP contribution in [0.4, 0.5) is 5.69 Å². The molecule has 0 bridgehead atoms. The summed E-state index contributed by atoms with van der Waals surface area (Å²) in [5.74, 6) is -0.188. The largest absolute Gasteiger partial charge is 0.371 e. The molecule has 2 aliphatic heterocycles. The van der Waals surface area contributed by atoms with Gasteiger partial charge in [-0.3, -0.25) is 14.6 Å². The van der Waals surface area contributed by atoms with Gasteiger partial charge in [0, 0.05) is 50.2 Å². The Morgan fingerprint density at radius 3 is 2.27 bits per heavy atom. The van der Waals surface area contributed by atoms with E-state index in [1.165, 1.54) is 0 Å². The fourth-order valence-corrected chi connectivity index (χ4v) is 3.39. The molecule has 1 atom stereocenters. The minimum Gasteiger partial charge on any atom is -0.371 e. The van der Waals surface area contributed by atoms with E-state index in [0.717, 1.165) is 31.6 Å². The highest BCUT2D eigenvalue weighted by Crippen LogP contribution is 2.26. The molecule has 0 saturated carbocycles. The van der Waals surface area contributed by atoms with E-state index in [0.29, 0.717) is 19.5 Å². The van der Waals surface area contributed by atoms with Crippen LogP contribution < -0.4 is 10.6 Å². The fourth-order valence-electron chi connectivity index (χ4n) is 3.39. The standard InChI is InChI=1S/C16H22N4O2/c17-15(21)13-5-10-20(11-13)16(22)12-3-8-19(9-4-12)14-1-6-18-7-2-14/h1-2,6-7,12-13H,3-5,8-11H2,(H2,17,21)/t13-/m1/s1. The van der Waals surface area contributed by atoms with Crippen molar-refractivity contribution in [1.82, 2.24) is 9.88 Å². The van der Waals surface area contributed by atoms with Crippen LogP contribution in [0.25, 0.3) is 0 Å². The van der Waals surface area contributed by atoms with Crippen molar-refractivity contribution in [3.05, 3.63) is 24.5 Å². The molecule has 2 fully saturated rings. The minimum absolute atomic E-state index is 0.0738. The third kappa shape index (κ3) is 3.05. The van der Waals surface area contributed by atoms with Crippen molar-refractivity contribution in [2.24, 2.45) is 17.6 Å². The Morgan fingerprint density at radius 2 is 1.68 bits per heavy atom. The number of pyridine rings is 1. The van der Waals surface area contributed by atoms with E-state index in [4.69, 9.17) is 5.73 Å². The first-order chi connectivity index (χ1) is 10.6. The molecule has 0 spiro atoms. The van der Waals surface area contributed by atoms with Crippen LogP contribution in [0.5, 0.6) is 0 Å². The number of rotatable bonds is 3. The van der Waals surface area contributed by atoms with E-state index < -0.39 is 0 Å². The van der Waals surface area contributed by atoms with Crippen molar-refractivity contribution in [2.45, 2.75) is 19.3 Å². The number of amides is 2. The number of piperidine rings is 1. The third-order valence-electron chi connectivity index (χ3n) is 4.77. The second kappa shape index (κ2) is 6.34. The summed E-state index contributed by atoms with van der Waals surface area (Å²) in [4.78, 5) is 31.9. The summed E-state index contributed by atoms with van der Waals surface area (Å²) >= 11 is 0. The molecule has 2 amide bonds. The highest BCUT2D eigenvalue weighted by Gasteiger charge is 2.34. The average Bonchev–Trinajstić information content (AvgIpc) is 3.05. The zero-order valence-corrected chi connectivity index (χ0v) is 12.6. The van der Waals surface area contributed by atoms with Crippen molar-refractivity contribution in [2.75, 3.05) is 31.1 Å². The smallest absolute Gasteiger partial charge is 0.225 e. The van der Waals surface area contributed by atoms with Crippen molar-refractivity contribution >= 4 is 17.5 Å². The monoisotopic (exact) mass is 302 g/mol. The van der Waals surface area contributed by atoms with Crippen molar-refractivity contribution in [1.29, 1.82) is 0 Å². The quantitative estimate of drug-likeness (QED) is 0.888. The van der Waals surface area contributed by atoms with Crippen molar-refractivity contribution < 1.29 is 9.59 Å². The number of hydrogen-bond acceptors (Lipinski definition) is 4. The fraction of sp³-hybridized carbons (Fsp3) is 0.562. The second-order valence-electron chi connectivity index (χ2n) is 6.14.